The molecule has 1 heterocycles. The Morgan fingerprint density at radius 2 is 2.05 bits per heavy atom. The summed E-state index contributed by atoms with van der Waals surface area (Å²) in [6.45, 7) is 1.32. The van der Waals surface area contributed by atoms with Gasteiger partial charge in [0, 0.05) is 18.3 Å². The maximum atomic E-state index is 11.4. The van der Waals surface area contributed by atoms with Gasteiger partial charge < -0.3 is 25.9 Å². The number of rotatable bonds is 5. The fourth-order valence-electron chi connectivity index (χ4n) is 1.11. The van der Waals surface area contributed by atoms with Crippen molar-refractivity contribution in [3.05, 3.63) is 18.2 Å². The van der Waals surface area contributed by atoms with Crippen molar-refractivity contribution < 1.29 is 14.7 Å². The molecule has 0 aliphatic heterocycles. The number of nitrogens with one attached hydrogen (secondary N) is 2. The van der Waals surface area contributed by atoms with E-state index in [1.54, 1.807) is 6.20 Å². The Morgan fingerprint density at radius 1 is 1.50 bits per heavy atom. The molecule has 0 aromatic carbocycles. The molecular formula is C12H22N4O3Sn. The summed E-state index contributed by atoms with van der Waals surface area (Å²) >= 11 is -0.543. The van der Waals surface area contributed by atoms with Crippen molar-refractivity contribution >= 4 is 31.6 Å². The molecule has 0 aliphatic rings. The average Bonchev–Trinajstić information content (AvgIpc) is 2.80. The Bertz CT molecular complexity index is 406. The molecule has 1 aromatic rings. The molecule has 8 heteroatoms. The van der Waals surface area contributed by atoms with Crippen LogP contribution in [0.4, 0.5) is 0 Å². The third kappa shape index (κ3) is 8.92. The van der Waals surface area contributed by atoms with Crippen molar-refractivity contribution in [2.75, 3.05) is 0 Å². The number of carboxylic acid groups (broad SMARTS) is 1. The molecule has 0 radical (unpaired) electrons. The molecule has 0 bridgehead atoms. The van der Waals surface area contributed by atoms with Crippen LogP contribution in [0.2, 0.25) is 14.8 Å². The molecule has 0 saturated heterocycles. The van der Waals surface area contributed by atoms with Crippen molar-refractivity contribution in [3.63, 3.8) is 0 Å². The quantitative estimate of drug-likeness (QED) is 0.552. The number of nitrogens with zero attached hydrogens (tertiary/aromatic N) is 1. The monoisotopic (exact) mass is 390 g/mol. The Morgan fingerprint density at radius 3 is 2.45 bits per heavy atom. The number of imidazole rings is 1. The van der Waals surface area contributed by atoms with Gasteiger partial charge in [0.05, 0.1) is 24.4 Å². The van der Waals surface area contributed by atoms with Gasteiger partial charge in [0.25, 0.3) is 0 Å². The van der Waals surface area contributed by atoms with Gasteiger partial charge in [-0.1, -0.05) is 0 Å². The number of amides is 1. The third-order valence-electron chi connectivity index (χ3n) is 2.04. The molecular weight excluding hydrogens is 367 g/mol. The third-order valence-corrected chi connectivity index (χ3v) is 2.04. The summed E-state index contributed by atoms with van der Waals surface area (Å²) in [5.41, 5.74) is 6.30. The van der Waals surface area contributed by atoms with Crippen LogP contribution in [-0.4, -0.2) is 53.7 Å². The van der Waals surface area contributed by atoms with Gasteiger partial charge in [-0.3, -0.25) is 4.79 Å². The number of nitrogens with two attached hydrogens (primary N) is 1. The van der Waals surface area contributed by atoms with E-state index in [0.717, 1.165) is 0 Å². The molecule has 4 N–H and O–H groups in total. The molecule has 0 unspecified atom stereocenters. The summed E-state index contributed by atoms with van der Waals surface area (Å²) in [5.74, 6) is -1.88. The van der Waals surface area contributed by atoms with Crippen LogP contribution in [0.1, 0.15) is 12.6 Å². The Kier molecular flexibility index (Phi) is 9.22. The molecule has 2 atom stereocenters. The van der Waals surface area contributed by atoms with E-state index in [-0.39, 0.29) is 6.42 Å². The molecule has 20 heavy (non-hydrogen) atoms. The van der Waals surface area contributed by atoms with Crippen LogP contribution in [0.15, 0.2) is 12.5 Å². The minimum atomic E-state index is -1.35. The van der Waals surface area contributed by atoms with Gasteiger partial charge in [0.1, 0.15) is 0 Å². The van der Waals surface area contributed by atoms with E-state index >= 15 is 0 Å². The van der Waals surface area contributed by atoms with Crippen molar-refractivity contribution in [1.82, 2.24) is 15.3 Å². The second-order valence-corrected chi connectivity index (χ2v) is 13.5. The summed E-state index contributed by atoms with van der Waals surface area (Å²) in [6.07, 6.45) is 3.30. The number of hydrogen-bond donors (Lipinski definition) is 3. The number of aromatic nitrogens is 2. The zero-order chi connectivity index (χ0) is 15.7. The number of H-pyrrole nitrogens is 1. The summed E-state index contributed by atoms with van der Waals surface area (Å²) < 4.78 is 0. The van der Waals surface area contributed by atoms with Gasteiger partial charge in [0.15, 0.2) is 0 Å². The number of carbonyl (C=O) groups excluding carboxylic acids is 2. The normalized spacial score (nSPS) is 12.7. The van der Waals surface area contributed by atoms with Crippen LogP contribution in [0.5, 0.6) is 0 Å². The van der Waals surface area contributed by atoms with E-state index in [9.17, 15) is 14.7 Å². The fourth-order valence-corrected chi connectivity index (χ4v) is 1.11. The summed E-state index contributed by atoms with van der Waals surface area (Å²) in [4.78, 5) is 35.5. The van der Waals surface area contributed by atoms with Gasteiger partial charge in [-0.15, -0.1) is 0 Å². The van der Waals surface area contributed by atoms with Crippen LogP contribution in [-0.2, 0) is 16.0 Å². The number of aromatic amines is 1. The van der Waals surface area contributed by atoms with Gasteiger partial charge in [-0.25, -0.2) is 4.98 Å². The summed E-state index contributed by atoms with van der Waals surface area (Å²) in [7, 11) is 0. The minimum absolute atomic E-state index is 0.269. The van der Waals surface area contributed by atoms with Crippen molar-refractivity contribution in [3.8, 4) is 0 Å². The second-order valence-electron chi connectivity index (χ2n) is 4.94. The van der Waals surface area contributed by atoms with Crippen molar-refractivity contribution in [1.29, 1.82) is 0 Å². The molecule has 1 aromatic heterocycles. The van der Waals surface area contributed by atoms with Gasteiger partial charge in [0.2, 0.25) is 5.91 Å². The Labute approximate surface area is 126 Å². The summed E-state index contributed by atoms with van der Waals surface area (Å²) in [5, 5.41) is 12.6. The number of carboxylic acids is 1. The predicted octanol–water partition coefficient (Wildman–Crippen LogP) is -1.10. The summed E-state index contributed by atoms with van der Waals surface area (Å²) in [6, 6.07) is -1.87. The molecule has 1 rings (SSSR count). The van der Waals surface area contributed by atoms with Crippen LogP contribution in [0.25, 0.3) is 0 Å². The molecule has 0 fully saturated rings. The number of carbonyl (C=O) groups is 2. The van der Waals surface area contributed by atoms with Crippen LogP contribution in [0, 0.1) is 0 Å². The van der Waals surface area contributed by atoms with E-state index in [1.165, 1.54) is 13.3 Å². The first-order chi connectivity index (χ1) is 9.23. The zero-order valence-corrected chi connectivity index (χ0v) is 15.1. The van der Waals surface area contributed by atoms with Crippen LogP contribution in [0.3, 0.4) is 0 Å². The van der Waals surface area contributed by atoms with Gasteiger partial charge >= 0.3 is 34.6 Å². The maximum absolute atomic E-state index is 11.4. The van der Waals surface area contributed by atoms with Gasteiger partial charge in [-0.05, 0) is 6.92 Å². The molecule has 0 saturated carbocycles. The SMILES string of the molecule is C[C@H](NC(=O)[C@@H](N)Cc1cnc[nH]1)C(=O)[O-].[CH3][Sn+]([CH3])[CH3]. The van der Waals surface area contributed by atoms with E-state index in [2.05, 4.69) is 30.1 Å². The topological polar surface area (TPSA) is 124 Å². The first-order valence-electron chi connectivity index (χ1n) is 6.24. The van der Waals surface area contributed by atoms with Crippen LogP contribution < -0.4 is 16.2 Å². The number of aliphatic carboxylic acids is 1. The Balaban J connectivity index is 0.000000796. The first-order valence-corrected chi connectivity index (χ1v) is 14.8. The second kappa shape index (κ2) is 9.76. The van der Waals surface area contributed by atoms with E-state index < -0.39 is 43.7 Å². The molecule has 1 amide bonds. The van der Waals surface area contributed by atoms with E-state index in [0.29, 0.717) is 5.69 Å². The first kappa shape index (κ1) is 18.9. The zero-order valence-electron chi connectivity index (χ0n) is 12.3. The average molecular weight is 389 g/mol. The molecule has 112 valence electrons. The predicted molar refractivity (Wildman–Crippen MR) is 76.2 cm³/mol. The van der Waals surface area contributed by atoms with Crippen LogP contribution >= 0.6 is 0 Å². The number of hydrogen-bond acceptors (Lipinski definition) is 5. The Hall–Kier alpha value is -1.09. The molecule has 0 aliphatic carbocycles. The van der Waals surface area contributed by atoms with Crippen molar-refractivity contribution in [2.45, 2.75) is 40.2 Å². The van der Waals surface area contributed by atoms with E-state index in [4.69, 9.17) is 5.73 Å². The molecule has 7 nitrogen and oxygen atoms in total. The van der Waals surface area contributed by atoms with Crippen molar-refractivity contribution in [2.24, 2.45) is 5.73 Å². The standard InChI is InChI=1S/C9H14N4O3.3CH3.Sn/c1-5(9(15)16)13-8(14)7(10)2-6-3-11-4-12-6;;;;/h3-5,7H,2,10H2,1H3,(H,11,12)(H,13,14)(H,15,16);3*1H3;/q;;;;+1/p-1/t5-,7-;;;;/m0..../s1. The van der Waals surface area contributed by atoms with Gasteiger partial charge in [-0.2, -0.15) is 0 Å². The molecule has 0 spiro atoms. The van der Waals surface area contributed by atoms with E-state index in [1.807, 2.05) is 0 Å². The fraction of sp³-hybridized carbons (Fsp3) is 0.583.